The highest BCUT2D eigenvalue weighted by Gasteiger charge is 2.49. The molecule has 3 heteroatoms. The van der Waals surface area contributed by atoms with E-state index in [1.807, 2.05) is 18.2 Å². The van der Waals surface area contributed by atoms with E-state index in [-0.39, 0.29) is 11.7 Å². The second-order valence-electron chi connectivity index (χ2n) is 9.12. The molecule has 152 valence electrons. The maximum Gasteiger partial charge on any atom is 0.126 e. The Morgan fingerprint density at radius 1 is 1.03 bits per heavy atom. The molecule has 2 aliphatic rings. The molecule has 2 aromatic carbocycles. The Hall–Kier alpha value is -2.28. The van der Waals surface area contributed by atoms with Gasteiger partial charge in [-0.25, -0.2) is 0 Å². The number of rotatable bonds is 3. The molecule has 1 saturated heterocycles. The molecule has 0 spiro atoms. The molecule has 0 saturated carbocycles. The van der Waals surface area contributed by atoms with Crippen LogP contribution in [0.25, 0.3) is 0 Å². The third-order valence-electron chi connectivity index (χ3n) is 6.17. The Bertz CT molecular complexity index is 911. The number of benzene rings is 2. The molecule has 0 radical (unpaired) electrons. The van der Waals surface area contributed by atoms with Crippen molar-refractivity contribution in [2.45, 2.75) is 57.5 Å². The monoisotopic (exact) mass is 389 g/mol. The van der Waals surface area contributed by atoms with Gasteiger partial charge in [0.1, 0.15) is 17.0 Å². The summed E-state index contributed by atoms with van der Waals surface area (Å²) in [5.74, 6) is 8.11. The van der Waals surface area contributed by atoms with E-state index in [0.717, 1.165) is 37.2 Å². The molecule has 0 aromatic heterocycles. The van der Waals surface area contributed by atoms with E-state index >= 15 is 0 Å². The molecule has 3 nitrogen and oxygen atoms in total. The predicted molar refractivity (Wildman–Crippen MR) is 117 cm³/mol. The highest BCUT2D eigenvalue weighted by Crippen LogP contribution is 2.52. The van der Waals surface area contributed by atoms with Gasteiger partial charge in [-0.1, -0.05) is 60.4 Å². The van der Waals surface area contributed by atoms with Gasteiger partial charge in [-0.3, -0.25) is 4.90 Å². The number of ether oxygens (including phenoxy) is 2. The van der Waals surface area contributed by atoms with Gasteiger partial charge >= 0.3 is 0 Å². The Morgan fingerprint density at radius 3 is 2.55 bits per heavy atom. The molecule has 0 N–H and O–H groups in total. The van der Waals surface area contributed by atoms with Crippen molar-refractivity contribution < 1.29 is 9.47 Å². The topological polar surface area (TPSA) is 21.7 Å². The lowest BCUT2D eigenvalue weighted by molar-refractivity contribution is -0.169. The van der Waals surface area contributed by atoms with Crippen LogP contribution in [-0.2, 0) is 11.3 Å². The van der Waals surface area contributed by atoms with E-state index < -0.39 is 5.60 Å². The standard InChI is InChI=1S/C26H31NO2/c1-25(2)22-15-17-26(3,29-24(22)21-13-8-9-14-23(21)28-25)16-10-18-27(4)19-20-11-6-5-7-12-20/h5-9,11-14,22,24H,15,17-19H2,1-4H3/t22-,24+,26+/m0/s1. The van der Waals surface area contributed by atoms with Crippen molar-refractivity contribution in [3.63, 3.8) is 0 Å². The zero-order valence-corrected chi connectivity index (χ0v) is 17.9. The summed E-state index contributed by atoms with van der Waals surface area (Å²) < 4.78 is 13.0. The van der Waals surface area contributed by atoms with Crippen molar-refractivity contribution in [2.24, 2.45) is 5.92 Å². The normalized spacial score (nSPS) is 27.2. The van der Waals surface area contributed by atoms with E-state index in [9.17, 15) is 0 Å². The number of hydrogen-bond donors (Lipinski definition) is 0. The predicted octanol–water partition coefficient (Wildman–Crippen LogP) is 5.22. The highest BCUT2D eigenvalue weighted by molar-refractivity contribution is 5.39. The van der Waals surface area contributed by atoms with Gasteiger partial charge in [0.2, 0.25) is 0 Å². The summed E-state index contributed by atoms with van der Waals surface area (Å²) in [7, 11) is 2.11. The maximum absolute atomic E-state index is 6.67. The lowest BCUT2D eigenvalue weighted by Crippen LogP contribution is -2.50. The molecule has 2 aliphatic heterocycles. The summed E-state index contributed by atoms with van der Waals surface area (Å²) in [5, 5.41) is 0. The average molecular weight is 390 g/mol. The van der Waals surface area contributed by atoms with Crippen molar-refractivity contribution >= 4 is 0 Å². The van der Waals surface area contributed by atoms with Crippen LogP contribution >= 0.6 is 0 Å². The first-order valence-electron chi connectivity index (χ1n) is 10.5. The molecule has 0 unspecified atom stereocenters. The van der Waals surface area contributed by atoms with Gasteiger partial charge in [-0.2, -0.15) is 0 Å². The smallest absolute Gasteiger partial charge is 0.126 e. The zero-order chi connectivity index (χ0) is 20.5. The summed E-state index contributed by atoms with van der Waals surface area (Å²) in [6, 6.07) is 18.8. The van der Waals surface area contributed by atoms with Gasteiger partial charge in [-0.15, -0.1) is 0 Å². The second-order valence-corrected chi connectivity index (χ2v) is 9.12. The summed E-state index contributed by atoms with van der Waals surface area (Å²) in [6.45, 7) is 8.12. The van der Waals surface area contributed by atoms with Crippen molar-refractivity contribution in [1.82, 2.24) is 4.90 Å². The SMILES string of the molecule is CN(CC#C[C@]1(C)CC[C@H]2[C@H](O1)c1ccccc1OC2(C)C)Cc1ccccc1. The van der Waals surface area contributed by atoms with Gasteiger partial charge in [0.15, 0.2) is 0 Å². The lowest BCUT2D eigenvalue weighted by atomic mass is 9.73. The van der Waals surface area contributed by atoms with Crippen LogP contribution in [0.5, 0.6) is 5.75 Å². The Balaban J connectivity index is 1.46. The van der Waals surface area contributed by atoms with Crippen molar-refractivity contribution in [2.75, 3.05) is 13.6 Å². The van der Waals surface area contributed by atoms with Gasteiger partial charge < -0.3 is 9.47 Å². The van der Waals surface area contributed by atoms with E-state index in [0.29, 0.717) is 5.92 Å². The second kappa shape index (κ2) is 7.86. The van der Waals surface area contributed by atoms with Crippen LogP contribution in [0.15, 0.2) is 54.6 Å². The molecule has 3 atom stereocenters. The van der Waals surface area contributed by atoms with E-state index in [4.69, 9.17) is 9.47 Å². The largest absolute Gasteiger partial charge is 0.487 e. The lowest BCUT2D eigenvalue weighted by Gasteiger charge is -2.50. The third-order valence-corrected chi connectivity index (χ3v) is 6.17. The molecule has 1 fully saturated rings. The van der Waals surface area contributed by atoms with Gasteiger partial charge in [0, 0.05) is 18.0 Å². The first-order valence-corrected chi connectivity index (χ1v) is 10.5. The van der Waals surface area contributed by atoms with Crippen molar-refractivity contribution in [3.8, 4) is 17.6 Å². The number of nitrogens with zero attached hydrogens (tertiary/aromatic N) is 1. The van der Waals surface area contributed by atoms with Crippen LogP contribution in [0, 0.1) is 17.8 Å². The highest BCUT2D eigenvalue weighted by atomic mass is 16.5. The molecule has 4 rings (SSSR count). The first-order chi connectivity index (χ1) is 13.9. The van der Waals surface area contributed by atoms with Crippen LogP contribution in [0.2, 0.25) is 0 Å². The Labute approximate surface area is 175 Å². The average Bonchev–Trinajstić information content (AvgIpc) is 2.68. The third kappa shape index (κ3) is 4.34. The van der Waals surface area contributed by atoms with Crippen LogP contribution < -0.4 is 4.74 Å². The Kier molecular flexibility index (Phi) is 5.42. The van der Waals surface area contributed by atoms with Gasteiger partial charge in [0.25, 0.3) is 0 Å². The quantitative estimate of drug-likeness (QED) is 0.672. The van der Waals surface area contributed by atoms with Gasteiger partial charge in [0.05, 0.1) is 12.6 Å². The van der Waals surface area contributed by atoms with Crippen LogP contribution in [0.3, 0.4) is 0 Å². The minimum atomic E-state index is -0.421. The van der Waals surface area contributed by atoms with E-state index in [1.165, 1.54) is 5.56 Å². The van der Waals surface area contributed by atoms with E-state index in [1.54, 1.807) is 0 Å². The summed E-state index contributed by atoms with van der Waals surface area (Å²) in [6.07, 6.45) is 2.01. The Morgan fingerprint density at radius 2 is 1.76 bits per heavy atom. The summed E-state index contributed by atoms with van der Waals surface area (Å²) in [4.78, 5) is 2.24. The molecule has 0 aliphatic carbocycles. The molecule has 29 heavy (non-hydrogen) atoms. The first kappa shape index (κ1) is 20.0. The number of fused-ring (bicyclic) bond motifs is 3. The molecular formula is C26H31NO2. The van der Waals surface area contributed by atoms with Crippen LogP contribution in [0.4, 0.5) is 0 Å². The van der Waals surface area contributed by atoms with Crippen molar-refractivity contribution in [1.29, 1.82) is 0 Å². The molecular weight excluding hydrogens is 358 g/mol. The minimum absolute atomic E-state index is 0.0325. The fourth-order valence-corrected chi connectivity index (χ4v) is 4.57. The summed E-state index contributed by atoms with van der Waals surface area (Å²) in [5.41, 5.74) is 1.81. The fourth-order valence-electron chi connectivity index (χ4n) is 4.57. The zero-order valence-electron chi connectivity index (χ0n) is 17.9. The van der Waals surface area contributed by atoms with Crippen LogP contribution in [0.1, 0.15) is 50.8 Å². The molecule has 2 aromatic rings. The van der Waals surface area contributed by atoms with Crippen molar-refractivity contribution in [3.05, 3.63) is 65.7 Å². The van der Waals surface area contributed by atoms with Crippen LogP contribution in [-0.4, -0.2) is 29.7 Å². The summed E-state index contributed by atoms with van der Waals surface area (Å²) >= 11 is 0. The number of para-hydroxylation sites is 1. The van der Waals surface area contributed by atoms with E-state index in [2.05, 4.69) is 81.0 Å². The maximum atomic E-state index is 6.67. The molecule has 2 heterocycles. The van der Waals surface area contributed by atoms with Gasteiger partial charge in [-0.05, 0) is 52.3 Å². The minimum Gasteiger partial charge on any atom is -0.487 e. The molecule has 0 bridgehead atoms. The molecule has 0 amide bonds. The number of hydrogen-bond acceptors (Lipinski definition) is 3. The fraction of sp³-hybridized carbons (Fsp3) is 0.462.